The summed E-state index contributed by atoms with van der Waals surface area (Å²) in [5, 5.41) is 0.650. The van der Waals surface area contributed by atoms with Crippen molar-refractivity contribution in [1.82, 2.24) is 9.88 Å². The highest BCUT2D eigenvalue weighted by Crippen LogP contribution is 2.11. The Balaban J connectivity index is 2.14. The van der Waals surface area contributed by atoms with Crippen LogP contribution >= 0.6 is 11.6 Å². The van der Waals surface area contributed by atoms with E-state index in [1.54, 1.807) is 19.2 Å². The number of hydrogen-bond donors (Lipinski definition) is 1. The summed E-state index contributed by atoms with van der Waals surface area (Å²) in [5.74, 6) is -0.309. The number of pyridine rings is 1. The van der Waals surface area contributed by atoms with Crippen LogP contribution in [0, 0.1) is 0 Å². The Labute approximate surface area is 115 Å². The van der Waals surface area contributed by atoms with E-state index < -0.39 is 0 Å². The lowest BCUT2D eigenvalue weighted by Crippen LogP contribution is -2.30. The highest BCUT2D eigenvalue weighted by Gasteiger charge is 2.14. The van der Waals surface area contributed by atoms with Gasteiger partial charge in [0.25, 0.3) is 5.91 Å². The van der Waals surface area contributed by atoms with Crippen LogP contribution < -0.4 is 5.43 Å². The molecule has 2 aromatic rings. The van der Waals surface area contributed by atoms with Crippen molar-refractivity contribution in [1.29, 1.82) is 0 Å². The SMILES string of the molecule is CN(Cc1ccc(Cl)cc1)C(=O)c1c[nH]ccc1=O. The summed E-state index contributed by atoms with van der Waals surface area (Å²) in [6.45, 7) is 0.421. The molecule has 5 heteroatoms. The predicted molar refractivity (Wildman–Crippen MR) is 74.3 cm³/mol. The van der Waals surface area contributed by atoms with Gasteiger partial charge in [-0.2, -0.15) is 0 Å². The maximum atomic E-state index is 12.1. The van der Waals surface area contributed by atoms with Gasteiger partial charge in [-0.1, -0.05) is 23.7 Å². The van der Waals surface area contributed by atoms with Gasteiger partial charge in [-0.15, -0.1) is 0 Å². The Morgan fingerprint density at radius 2 is 1.95 bits per heavy atom. The van der Waals surface area contributed by atoms with Crippen LogP contribution in [0.1, 0.15) is 15.9 Å². The second-order valence-electron chi connectivity index (χ2n) is 4.21. The maximum absolute atomic E-state index is 12.1. The number of rotatable bonds is 3. The summed E-state index contributed by atoms with van der Waals surface area (Å²) in [4.78, 5) is 27.9. The Morgan fingerprint density at radius 1 is 1.26 bits per heavy atom. The Bertz CT molecular complexity index is 634. The van der Waals surface area contributed by atoms with Crippen LogP contribution in [0.4, 0.5) is 0 Å². The first-order valence-corrected chi connectivity index (χ1v) is 6.13. The van der Waals surface area contributed by atoms with Crippen molar-refractivity contribution in [3.8, 4) is 0 Å². The van der Waals surface area contributed by atoms with E-state index in [0.717, 1.165) is 5.56 Å². The first-order chi connectivity index (χ1) is 9.08. The van der Waals surface area contributed by atoms with Crippen LogP contribution in [0.2, 0.25) is 5.02 Å². The number of H-pyrrole nitrogens is 1. The number of nitrogens with one attached hydrogen (secondary N) is 1. The molecule has 0 aliphatic carbocycles. The second kappa shape index (κ2) is 5.71. The van der Waals surface area contributed by atoms with Crippen LogP contribution in [-0.2, 0) is 6.54 Å². The fourth-order valence-electron chi connectivity index (χ4n) is 1.72. The molecule has 0 saturated carbocycles. The van der Waals surface area contributed by atoms with Gasteiger partial charge in [0.2, 0.25) is 0 Å². The molecular formula is C14H13ClN2O2. The van der Waals surface area contributed by atoms with E-state index in [1.165, 1.54) is 23.4 Å². The zero-order chi connectivity index (χ0) is 13.8. The molecule has 0 aliphatic heterocycles. The summed E-state index contributed by atoms with van der Waals surface area (Å²) in [6, 6.07) is 8.57. The van der Waals surface area contributed by atoms with E-state index in [1.807, 2.05) is 12.1 Å². The molecule has 1 heterocycles. The average Bonchev–Trinajstić information content (AvgIpc) is 2.41. The first kappa shape index (κ1) is 13.4. The monoisotopic (exact) mass is 276 g/mol. The predicted octanol–water partition coefficient (Wildman–Crippen LogP) is 2.30. The molecule has 4 nitrogen and oxygen atoms in total. The van der Waals surface area contributed by atoms with Crippen LogP contribution in [0.25, 0.3) is 0 Å². The summed E-state index contributed by atoms with van der Waals surface area (Å²) in [7, 11) is 1.66. The van der Waals surface area contributed by atoms with Gasteiger partial charge in [-0.25, -0.2) is 0 Å². The lowest BCUT2D eigenvalue weighted by atomic mass is 10.2. The number of halogens is 1. The molecule has 98 valence electrons. The van der Waals surface area contributed by atoms with Crippen molar-refractivity contribution < 1.29 is 4.79 Å². The van der Waals surface area contributed by atoms with Crippen molar-refractivity contribution in [3.05, 3.63) is 69.1 Å². The number of amides is 1. The van der Waals surface area contributed by atoms with Crippen LogP contribution in [0.3, 0.4) is 0 Å². The fraction of sp³-hybridized carbons (Fsp3) is 0.143. The van der Waals surface area contributed by atoms with Crippen LogP contribution in [0.15, 0.2) is 47.5 Å². The molecule has 2 rings (SSSR count). The number of benzene rings is 1. The minimum absolute atomic E-state index is 0.138. The van der Waals surface area contributed by atoms with E-state index >= 15 is 0 Å². The number of carbonyl (C=O) groups is 1. The lowest BCUT2D eigenvalue weighted by molar-refractivity contribution is 0.0783. The normalized spacial score (nSPS) is 10.2. The maximum Gasteiger partial charge on any atom is 0.259 e. The van der Waals surface area contributed by atoms with E-state index in [2.05, 4.69) is 4.98 Å². The molecule has 0 aliphatic rings. The molecule has 0 unspecified atom stereocenters. The highest BCUT2D eigenvalue weighted by atomic mass is 35.5. The zero-order valence-electron chi connectivity index (χ0n) is 10.4. The highest BCUT2D eigenvalue weighted by molar-refractivity contribution is 6.30. The summed E-state index contributed by atoms with van der Waals surface area (Å²) < 4.78 is 0. The third-order valence-corrected chi connectivity index (χ3v) is 2.99. The lowest BCUT2D eigenvalue weighted by Gasteiger charge is -2.16. The molecule has 0 saturated heterocycles. The van der Waals surface area contributed by atoms with Crippen LogP contribution in [-0.4, -0.2) is 22.8 Å². The summed E-state index contributed by atoms with van der Waals surface area (Å²) in [6.07, 6.45) is 2.92. The van der Waals surface area contributed by atoms with Crippen molar-refractivity contribution in [2.45, 2.75) is 6.54 Å². The summed E-state index contributed by atoms with van der Waals surface area (Å²) >= 11 is 5.80. The number of carbonyl (C=O) groups excluding carboxylic acids is 1. The van der Waals surface area contributed by atoms with E-state index in [-0.39, 0.29) is 16.9 Å². The van der Waals surface area contributed by atoms with Gasteiger partial charge in [0.1, 0.15) is 5.56 Å². The summed E-state index contributed by atoms with van der Waals surface area (Å²) in [5.41, 5.74) is 0.804. The number of aromatic amines is 1. The van der Waals surface area contributed by atoms with Gasteiger partial charge in [0, 0.05) is 37.1 Å². The van der Waals surface area contributed by atoms with E-state index in [4.69, 9.17) is 11.6 Å². The van der Waals surface area contributed by atoms with E-state index in [9.17, 15) is 9.59 Å². The Hall–Kier alpha value is -2.07. The van der Waals surface area contributed by atoms with Crippen LogP contribution in [0.5, 0.6) is 0 Å². The average molecular weight is 277 g/mol. The molecule has 1 aromatic heterocycles. The van der Waals surface area contributed by atoms with Gasteiger partial charge < -0.3 is 9.88 Å². The second-order valence-corrected chi connectivity index (χ2v) is 4.65. The van der Waals surface area contributed by atoms with Crippen molar-refractivity contribution >= 4 is 17.5 Å². The minimum Gasteiger partial charge on any atom is -0.367 e. The van der Waals surface area contributed by atoms with Gasteiger partial charge in [0.05, 0.1) is 0 Å². The van der Waals surface area contributed by atoms with Gasteiger partial charge in [0.15, 0.2) is 5.43 Å². The van der Waals surface area contributed by atoms with Crippen molar-refractivity contribution in [2.75, 3.05) is 7.05 Å². The molecule has 0 bridgehead atoms. The minimum atomic E-state index is -0.309. The Morgan fingerprint density at radius 3 is 2.58 bits per heavy atom. The Kier molecular flexibility index (Phi) is 4.02. The largest absolute Gasteiger partial charge is 0.367 e. The molecule has 1 aromatic carbocycles. The van der Waals surface area contributed by atoms with E-state index in [0.29, 0.717) is 11.6 Å². The number of nitrogens with zero attached hydrogens (tertiary/aromatic N) is 1. The van der Waals surface area contributed by atoms with Crippen molar-refractivity contribution in [2.24, 2.45) is 0 Å². The van der Waals surface area contributed by atoms with Gasteiger partial charge in [-0.3, -0.25) is 9.59 Å². The molecular weight excluding hydrogens is 264 g/mol. The smallest absolute Gasteiger partial charge is 0.259 e. The molecule has 0 spiro atoms. The third-order valence-electron chi connectivity index (χ3n) is 2.73. The molecule has 0 atom stereocenters. The molecule has 0 fully saturated rings. The fourth-order valence-corrected chi connectivity index (χ4v) is 1.85. The number of aromatic nitrogens is 1. The molecule has 19 heavy (non-hydrogen) atoms. The number of hydrogen-bond acceptors (Lipinski definition) is 2. The third kappa shape index (κ3) is 3.23. The topological polar surface area (TPSA) is 53.2 Å². The van der Waals surface area contributed by atoms with Gasteiger partial charge in [-0.05, 0) is 17.7 Å². The quantitative estimate of drug-likeness (QED) is 0.935. The zero-order valence-corrected chi connectivity index (χ0v) is 11.1. The molecule has 1 N–H and O–H groups in total. The standard InChI is InChI=1S/C14H13ClN2O2/c1-17(9-10-2-4-11(15)5-3-10)14(19)12-8-16-7-6-13(12)18/h2-8H,9H2,1H3,(H,16,18). The molecule has 1 amide bonds. The molecule has 0 radical (unpaired) electrons. The van der Waals surface area contributed by atoms with Gasteiger partial charge >= 0.3 is 0 Å². The first-order valence-electron chi connectivity index (χ1n) is 5.75. The van der Waals surface area contributed by atoms with Crippen molar-refractivity contribution in [3.63, 3.8) is 0 Å².